The van der Waals surface area contributed by atoms with Gasteiger partial charge in [-0.05, 0) is 6.07 Å². The maximum atomic E-state index is 5.81. The van der Waals surface area contributed by atoms with E-state index in [2.05, 4.69) is 5.32 Å². The van der Waals surface area contributed by atoms with Crippen molar-refractivity contribution < 1.29 is 14.2 Å². The van der Waals surface area contributed by atoms with Gasteiger partial charge in [-0.3, -0.25) is 0 Å². The van der Waals surface area contributed by atoms with Crippen LogP contribution in [-0.2, 0) is 9.47 Å². The number of nitrogen functional groups attached to an aromatic ring is 1. The molecule has 1 heterocycles. The smallest absolute Gasteiger partial charge is 0.122 e. The number of benzene rings is 1. The highest BCUT2D eigenvalue weighted by atomic mass is 16.5. The van der Waals surface area contributed by atoms with Gasteiger partial charge in [0.1, 0.15) is 11.4 Å². The van der Waals surface area contributed by atoms with Crippen LogP contribution in [-0.4, -0.2) is 39.6 Å². The molecule has 0 aliphatic carbocycles. The van der Waals surface area contributed by atoms with Gasteiger partial charge in [0.15, 0.2) is 0 Å². The molecule has 100 valence electrons. The zero-order valence-corrected chi connectivity index (χ0v) is 10.9. The van der Waals surface area contributed by atoms with Crippen molar-refractivity contribution in [3.8, 4) is 5.75 Å². The zero-order chi connectivity index (χ0) is 13.0. The molecule has 0 spiro atoms. The Bertz CT molecular complexity index is 403. The van der Waals surface area contributed by atoms with Crippen molar-refractivity contribution in [1.82, 2.24) is 0 Å². The number of methoxy groups -OCH3 is 2. The minimum absolute atomic E-state index is 0.238. The summed E-state index contributed by atoms with van der Waals surface area (Å²) in [5.74, 6) is 0.742. The Morgan fingerprint density at radius 3 is 2.83 bits per heavy atom. The van der Waals surface area contributed by atoms with E-state index in [1.807, 2.05) is 12.1 Å². The largest absolute Gasteiger partial charge is 0.497 e. The minimum atomic E-state index is -0.238. The lowest BCUT2D eigenvalue weighted by molar-refractivity contribution is -0.00620. The molecule has 0 aromatic heterocycles. The summed E-state index contributed by atoms with van der Waals surface area (Å²) in [6.45, 7) is 2.06. The monoisotopic (exact) mass is 252 g/mol. The maximum absolute atomic E-state index is 5.81. The minimum Gasteiger partial charge on any atom is -0.497 e. The summed E-state index contributed by atoms with van der Waals surface area (Å²) >= 11 is 0. The second-order valence-electron chi connectivity index (χ2n) is 4.54. The first-order valence-corrected chi connectivity index (χ1v) is 5.99. The molecule has 5 heteroatoms. The predicted octanol–water partition coefficient (Wildman–Crippen LogP) is 1.49. The highest BCUT2D eigenvalue weighted by Gasteiger charge is 2.34. The van der Waals surface area contributed by atoms with Crippen molar-refractivity contribution in [1.29, 1.82) is 0 Å². The Morgan fingerprint density at radius 1 is 1.39 bits per heavy atom. The van der Waals surface area contributed by atoms with Gasteiger partial charge < -0.3 is 25.3 Å². The van der Waals surface area contributed by atoms with E-state index in [9.17, 15) is 0 Å². The summed E-state index contributed by atoms with van der Waals surface area (Å²) in [4.78, 5) is 0. The van der Waals surface area contributed by atoms with Crippen LogP contribution in [0.3, 0.4) is 0 Å². The van der Waals surface area contributed by atoms with Crippen LogP contribution in [0.25, 0.3) is 0 Å². The van der Waals surface area contributed by atoms with E-state index in [0.29, 0.717) is 18.8 Å². The van der Waals surface area contributed by atoms with Crippen LogP contribution >= 0.6 is 0 Å². The number of rotatable bonds is 5. The van der Waals surface area contributed by atoms with Gasteiger partial charge in [0.25, 0.3) is 0 Å². The molecule has 0 saturated carbocycles. The number of hydrogen-bond donors (Lipinski definition) is 2. The summed E-state index contributed by atoms with van der Waals surface area (Å²) in [6, 6.07) is 5.58. The van der Waals surface area contributed by atoms with Gasteiger partial charge >= 0.3 is 0 Å². The first kappa shape index (κ1) is 13.0. The molecule has 1 saturated heterocycles. The van der Waals surface area contributed by atoms with Gasteiger partial charge in [0.2, 0.25) is 0 Å². The van der Waals surface area contributed by atoms with Crippen LogP contribution in [0.5, 0.6) is 5.75 Å². The molecule has 1 aromatic carbocycles. The first-order valence-electron chi connectivity index (χ1n) is 5.99. The van der Waals surface area contributed by atoms with Gasteiger partial charge in [0, 0.05) is 50.2 Å². The number of nitrogens with one attached hydrogen (secondary N) is 1. The normalized spacial score (nSPS) is 23.0. The molecule has 1 aliphatic rings. The summed E-state index contributed by atoms with van der Waals surface area (Å²) in [5, 5.41) is 3.33. The average Bonchev–Trinajstić information content (AvgIpc) is 2.85. The molecule has 1 fully saturated rings. The fourth-order valence-corrected chi connectivity index (χ4v) is 2.07. The summed E-state index contributed by atoms with van der Waals surface area (Å²) in [6.07, 6.45) is 0.899. The Morgan fingerprint density at radius 2 is 2.22 bits per heavy atom. The van der Waals surface area contributed by atoms with Crippen LogP contribution in [0.2, 0.25) is 0 Å². The van der Waals surface area contributed by atoms with Gasteiger partial charge in [-0.2, -0.15) is 0 Å². The topological polar surface area (TPSA) is 65.7 Å². The average molecular weight is 252 g/mol. The van der Waals surface area contributed by atoms with E-state index >= 15 is 0 Å². The quantitative estimate of drug-likeness (QED) is 0.777. The maximum Gasteiger partial charge on any atom is 0.122 e. The summed E-state index contributed by atoms with van der Waals surface area (Å²) < 4.78 is 16.1. The highest BCUT2D eigenvalue weighted by Crippen LogP contribution is 2.26. The Labute approximate surface area is 107 Å². The lowest BCUT2D eigenvalue weighted by Gasteiger charge is -2.26. The third-order valence-electron chi connectivity index (χ3n) is 3.28. The predicted molar refractivity (Wildman–Crippen MR) is 71.1 cm³/mol. The van der Waals surface area contributed by atoms with Crippen LogP contribution in [0.4, 0.5) is 11.4 Å². The Hall–Kier alpha value is -1.46. The van der Waals surface area contributed by atoms with Crippen molar-refractivity contribution in [2.45, 2.75) is 12.0 Å². The Balaban J connectivity index is 2.03. The van der Waals surface area contributed by atoms with Crippen LogP contribution in [0.15, 0.2) is 18.2 Å². The SMILES string of the molecule is COc1cc(N)cc(NCC2(OC)CCOC2)c1. The molecular weight excluding hydrogens is 232 g/mol. The third-order valence-corrected chi connectivity index (χ3v) is 3.28. The number of ether oxygens (including phenoxy) is 3. The standard InChI is InChI=1S/C13H20N2O3/c1-16-12-6-10(14)5-11(7-12)15-8-13(17-2)3-4-18-9-13/h5-7,15H,3-4,8-9,14H2,1-2H3. The van der Waals surface area contributed by atoms with Crippen LogP contribution in [0.1, 0.15) is 6.42 Å². The van der Waals surface area contributed by atoms with Crippen molar-refractivity contribution in [2.24, 2.45) is 0 Å². The molecule has 0 radical (unpaired) electrons. The number of anilines is 2. The second kappa shape index (κ2) is 5.46. The molecule has 1 unspecified atom stereocenters. The molecule has 18 heavy (non-hydrogen) atoms. The van der Waals surface area contributed by atoms with Crippen LogP contribution in [0, 0.1) is 0 Å². The molecule has 1 aliphatic heterocycles. The molecule has 1 aromatic rings. The molecule has 0 bridgehead atoms. The molecule has 3 N–H and O–H groups in total. The van der Waals surface area contributed by atoms with E-state index in [1.165, 1.54) is 0 Å². The van der Waals surface area contributed by atoms with E-state index in [0.717, 1.165) is 24.5 Å². The lowest BCUT2D eigenvalue weighted by Crippen LogP contribution is -2.39. The molecule has 2 rings (SSSR count). The number of nitrogens with two attached hydrogens (primary N) is 1. The van der Waals surface area contributed by atoms with Crippen molar-refractivity contribution in [3.05, 3.63) is 18.2 Å². The second-order valence-corrected chi connectivity index (χ2v) is 4.54. The summed E-state index contributed by atoms with van der Waals surface area (Å²) in [7, 11) is 3.34. The fraction of sp³-hybridized carbons (Fsp3) is 0.538. The van der Waals surface area contributed by atoms with Gasteiger partial charge in [-0.1, -0.05) is 0 Å². The van der Waals surface area contributed by atoms with E-state index in [1.54, 1.807) is 20.3 Å². The molecular formula is C13H20N2O3. The van der Waals surface area contributed by atoms with E-state index in [4.69, 9.17) is 19.9 Å². The van der Waals surface area contributed by atoms with E-state index in [-0.39, 0.29) is 5.60 Å². The van der Waals surface area contributed by atoms with Crippen LogP contribution < -0.4 is 15.8 Å². The van der Waals surface area contributed by atoms with Crippen molar-refractivity contribution in [2.75, 3.05) is 45.0 Å². The third kappa shape index (κ3) is 2.86. The van der Waals surface area contributed by atoms with Gasteiger partial charge in [0.05, 0.1) is 13.7 Å². The highest BCUT2D eigenvalue weighted by molar-refractivity contribution is 5.59. The molecule has 1 atom stereocenters. The fourth-order valence-electron chi connectivity index (χ4n) is 2.07. The van der Waals surface area contributed by atoms with E-state index < -0.39 is 0 Å². The lowest BCUT2D eigenvalue weighted by atomic mass is 10.0. The number of hydrogen-bond acceptors (Lipinski definition) is 5. The first-order chi connectivity index (χ1) is 8.67. The molecule has 5 nitrogen and oxygen atoms in total. The van der Waals surface area contributed by atoms with Crippen molar-refractivity contribution >= 4 is 11.4 Å². The van der Waals surface area contributed by atoms with Gasteiger partial charge in [-0.15, -0.1) is 0 Å². The summed E-state index contributed by atoms with van der Waals surface area (Å²) in [5.41, 5.74) is 7.17. The van der Waals surface area contributed by atoms with Crippen molar-refractivity contribution in [3.63, 3.8) is 0 Å². The Kier molecular flexibility index (Phi) is 3.93. The zero-order valence-electron chi connectivity index (χ0n) is 10.9. The van der Waals surface area contributed by atoms with Gasteiger partial charge in [-0.25, -0.2) is 0 Å². The molecule has 0 amide bonds.